The first-order valence-electron chi connectivity index (χ1n) is 6.56. The molecule has 2 rings (SSSR count). The van der Waals surface area contributed by atoms with E-state index in [0.29, 0.717) is 5.56 Å². The van der Waals surface area contributed by atoms with Crippen LogP contribution in [0.15, 0.2) is 48.5 Å². The maximum atomic E-state index is 12.3. The fraction of sp³-hybridized carbons (Fsp3) is 0.125. The number of carbonyl (C=O) groups excluding carboxylic acids is 2. The Kier molecular flexibility index (Phi) is 7.23. The van der Waals surface area contributed by atoms with Crippen molar-refractivity contribution in [3.05, 3.63) is 70.8 Å². The molecule has 0 aliphatic carbocycles. The van der Waals surface area contributed by atoms with E-state index in [9.17, 15) is 35.9 Å². The van der Waals surface area contributed by atoms with Gasteiger partial charge in [-0.2, -0.15) is 26.3 Å². The second-order valence-electron chi connectivity index (χ2n) is 4.71. The Morgan fingerprint density at radius 2 is 1.04 bits per heavy atom. The van der Waals surface area contributed by atoms with Crippen molar-refractivity contribution < 1.29 is 35.9 Å². The Morgan fingerprint density at radius 1 is 0.654 bits per heavy atom. The maximum absolute atomic E-state index is 12.3. The van der Waals surface area contributed by atoms with Gasteiger partial charge in [0.2, 0.25) is 0 Å². The third-order valence-corrected chi connectivity index (χ3v) is 3.25. The Hall–Kier alpha value is -2.06. The van der Waals surface area contributed by atoms with Crippen molar-refractivity contribution in [2.75, 3.05) is 0 Å². The minimum atomic E-state index is -4.98. The zero-order valence-corrected chi connectivity index (χ0v) is 14.0. The molecule has 0 aliphatic rings. The fourth-order valence-corrected chi connectivity index (χ4v) is 1.87. The van der Waals surface area contributed by atoms with Gasteiger partial charge in [-0.05, 0) is 41.4 Å². The van der Waals surface area contributed by atoms with E-state index in [2.05, 4.69) is 0 Å². The smallest absolute Gasteiger partial charge is 0.276 e. The largest absolute Gasteiger partial charge is 0.416 e. The van der Waals surface area contributed by atoms with Crippen LogP contribution in [0.5, 0.6) is 0 Å². The normalized spacial score (nSPS) is 11.4. The van der Waals surface area contributed by atoms with Crippen LogP contribution in [0.3, 0.4) is 0 Å². The van der Waals surface area contributed by atoms with Gasteiger partial charge in [-0.3, -0.25) is 9.59 Å². The summed E-state index contributed by atoms with van der Waals surface area (Å²) in [5.74, 6) is 0. The molecule has 2 aromatic carbocycles. The predicted octanol–water partition coefficient (Wildman–Crippen LogP) is 6.17. The molecule has 0 aromatic heterocycles. The van der Waals surface area contributed by atoms with Crippen LogP contribution < -0.4 is 0 Å². The fourth-order valence-electron chi connectivity index (χ4n) is 1.64. The molecule has 0 amide bonds. The van der Waals surface area contributed by atoms with Crippen molar-refractivity contribution in [2.24, 2.45) is 0 Å². The zero-order valence-electron chi connectivity index (χ0n) is 12.5. The lowest BCUT2D eigenvalue weighted by Crippen LogP contribution is -2.12. The van der Waals surface area contributed by atoms with Crippen LogP contribution in [-0.4, -0.2) is 10.5 Å². The molecule has 0 bridgehead atoms. The number of rotatable bonds is 2. The molecule has 0 unspecified atom stereocenters. The van der Waals surface area contributed by atoms with Crippen molar-refractivity contribution in [3.63, 3.8) is 0 Å². The summed E-state index contributed by atoms with van der Waals surface area (Å²) < 4.78 is 73.7. The highest BCUT2D eigenvalue weighted by Gasteiger charge is 2.37. The minimum absolute atomic E-state index is 0.0800. The molecule has 140 valence electrons. The Bertz CT molecular complexity index is 753. The van der Waals surface area contributed by atoms with E-state index >= 15 is 0 Å². The second kappa shape index (κ2) is 8.55. The molecule has 26 heavy (non-hydrogen) atoms. The summed E-state index contributed by atoms with van der Waals surface area (Å²) in [6.45, 7) is 0. The average Bonchev–Trinajstić information content (AvgIpc) is 2.54. The van der Waals surface area contributed by atoms with E-state index in [1.807, 2.05) is 6.07 Å². The lowest BCUT2D eigenvalue weighted by Gasteiger charge is -2.12. The van der Waals surface area contributed by atoms with E-state index in [4.69, 9.17) is 23.2 Å². The average molecular weight is 417 g/mol. The van der Waals surface area contributed by atoms with Crippen molar-refractivity contribution in [3.8, 4) is 0 Å². The topological polar surface area (TPSA) is 34.1 Å². The van der Waals surface area contributed by atoms with E-state index in [-0.39, 0.29) is 18.2 Å². The molecule has 2 aromatic rings. The van der Waals surface area contributed by atoms with Crippen LogP contribution in [0.1, 0.15) is 31.8 Å². The van der Waals surface area contributed by atoms with Gasteiger partial charge in [0.15, 0.2) is 0 Å². The summed E-state index contributed by atoms with van der Waals surface area (Å²) in [5.41, 5.74) is -3.46. The van der Waals surface area contributed by atoms with Crippen LogP contribution in [0.2, 0.25) is 0 Å². The van der Waals surface area contributed by atoms with Gasteiger partial charge in [-0.15, -0.1) is 0 Å². The summed E-state index contributed by atoms with van der Waals surface area (Å²) in [7, 11) is 0. The SMILES string of the molecule is O=C(Cl)c1cc(C(F)(F)F)cc(C(F)(F)F)c1.O=C(Cl)c1ccccc1. The Morgan fingerprint density at radius 3 is 1.31 bits per heavy atom. The first-order valence-corrected chi connectivity index (χ1v) is 7.32. The first-order chi connectivity index (χ1) is 11.8. The van der Waals surface area contributed by atoms with Crippen LogP contribution in [0.25, 0.3) is 0 Å². The van der Waals surface area contributed by atoms with Crippen LogP contribution in [0, 0.1) is 0 Å². The molecular formula is C16H8Cl2F6O2. The van der Waals surface area contributed by atoms with Crippen molar-refractivity contribution >= 4 is 33.7 Å². The van der Waals surface area contributed by atoms with Gasteiger partial charge in [0, 0.05) is 11.1 Å². The van der Waals surface area contributed by atoms with E-state index in [1.165, 1.54) is 0 Å². The van der Waals surface area contributed by atoms with Crippen LogP contribution in [0.4, 0.5) is 26.3 Å². The van der Waals surface area contributed by atoms with Crippen molar-refractivity contribution in [1.29, 1.82) is 0 Å². The second-order valence-corrected chi connectivity index (χ2v) is 5.39. The summed E-state index contributed by atoms with van der Waals surface area (Å²) in [6, 6.07) is 9.19. The number of hydrogen-bond acceptors (Lipinski definition) is 2. The molecule has 0 fully saturated rings. The number of carbonyl (C=O) groups is 2. The van der Waals surface area contributed by atoms with Gasteiger partial charge in [-0.1, -0.05) is 30.3 Å². The first kappa shape index (κ1) is 22.0. The third kappa shape index (κ3) is 6.68. The summed E-state index contributed by atoms with van der Waals surface area (Å²) >= 11 is 10.0. The molecule has 0 saturated heterocycles. The number of alkyl halides is 6. The van der Waals surface area contributed by atoms with E-state index in [0.717, 1.165) is 0 Å². The zero-order chi connectivity index (χ0) is 20.1. The number of benzene rings is 2. The van der Waals surface area contributed by atoms with E-state index < -0.39 is 39.5 Å². The van der Waals surface area contributed by atoms with Gasteiger partial charge < -0.3 is 0 Å². The predicted molar refractivity (Wildman–Crippen MR) is 83.3 cm³/mol. The molecule has 0 saturated carbocycles. The highest BCUT2D eigenvalue weighted by molar-refractivity contribution is 6.68. The Balaban J connectivity index is 0.000000314. The molecule has 0 spiro atoms. The molecule has 0 atom stereocenters. The Labute approximate surface area is 153 Å². The molecule has 0 heterocycles. The molecule has 2 nitrogen and oxygen atoms in total. The van der Waals surface area contributed by atoms with Crippen molar-refractivity contribution in [1.82, 2.24) is 0 Å². The van der Waals surface area contributed by atoms with Crippen LogP contribution in [-0.2, 0) is 12.4 Å². The lowest BCUT2D eigenvalue weighted by atomic mass is 10.1. The summed E-state index contributed by atoms with van der Waals surface area (Å²) in [5, 5.41) is -1.79. The summed E-state index contributed by atoms with van der Waals surface area (Å²) in [6.07, 6.45) is -9.97. The molecular weight excluding hydrogens is 409 g/mol. The number of hydrogen-bond donors (Lipinski definition) is 0. The van der Waals surface area contributed by atoms with Gasteiger partial charge in [0.1, 0.15) is 0 Å². The highest BCUT2D eigenvalue weighted by Crippen LogP contribution is 2.36. The van der Waals surface area contributed by atoms with Crippen molar-refractivity contribution in [2.45, 2.75) is 12.4 Å². The van der Waals surface area contributed by atoms with Gasteiger partial charge in [-0.25, -0.2) is 0 Å². The lowest BCUT2D eigenvalue weighted by molar-refractivity contribution is -0.143. The maximum Gasteiger partial charge on any atom is 0.416 e. The monoisotopic (exact) mass is 416 g/mol. The quantitative estimate of drug-likeness (QED) is 0.433. The van der Waals surface area contributed by atoms with Gasteiger partial charge >= 0.3 is 12.4 Å². The van der Waals surface area contributed by atoms with Crippen LogP contribution >= 0.6 is 23.2 Å². The molecule has 0 N–H and O–H groups in total. The number of halogens is 8. The van der Waals surface area contributed by atoms with Gasteiger partial charge in [0.25, 0.3) is 10.5 Å². The summed E-state index contributed by atoms with van der Waals surface area (Å²) in [4.78, 5) is 21.0. The van der Waals surface area contributed by atoms with E-state index in [1.54, 1.807) is 24.3 Å². The molecule has 10 heteroatoms. The standard InChI is InChI=1S/C9H3ClF6O.C7H5ClO/c10-7(17)4-1-5(8(11,12)13)3-6(2-4)9(14,15)16;8-7(9)6-4-2-1-3-5-6/h1-3H;1-5H. The third-order valence-electron chi connectivity index (χ3n) is 2.82. The van der Waals surface area contributed by atoms with Gasteiger partial charge in [0.05, 0.1) is 11.1 Å². The molecule has 0 radical (unpaired) electrons. The highest BCUT2D eigenvalue weighted by atomic mass is 35.5. The minimum Gasteiger partial charge on any atom is -0.276 e. The molecule has 0 aliphatic heterocycles.